The molecule has 1 heterocycles. The molecule has 2 atom stereocenters. The van der Waals surface area contributed by atoms with E-state index in [0.29, 0.717) is 73.0 Å². The molecule has 0 saturated carbocycles. The van der Waals surface area contributed by atoms with E-state index in [0.717, 1.165) is 23.1 Å². The fourth-order valence-corrected chi connectivity index (χ4v) is 6.48. The fourth-order valence-electron chi connectivity index (χ4n) is 6.48. The Morgan fingerprint density at radius 1 is 0.932 bits per heavy atom. The Labute approximate surface area is 255 Å². The van der Waals surface area contributed by atoms with Crippen molar-refractivity contribution < 1.29 is 42.4 Å². The maximum atomic E-state index is 14.4. The van der Waals surface area contributed by atoms with Crippen LogP contribution in [0.2, 0.25) is 0 Å². The van der Waals surface area contributed by atoms with E-state index in [1.165, 1.54) is 6.07 Å². The highest BCUT2D eigenvalue weighted by Crippen LogP contribution is 2.48. The Hall–Kier alpha value is -3.72. The molecular formula is C35H39F3O6. The SMILES string of the molecule is Cc1cc(OCCC(C)(C)O)cc(C)c1-c1c(C(F)(F)F)ccc2c1CC[C@H]2CCOc1ccc2c(c1)OC[C@H]2CC(=O)O. The second-order valence-electron chi connectivity index (χ2n) is 12.6. The van der Waals surface area contributed by atoms with E-state index >= 15 is 0 Å². The third-order valence-corrected chi connectivity index (χ3v) is 8.60. The van der Waals surface area contributed by atoms with Crippen molar-refractivity contribution in [2.24, 2.45) is 0 Å². The van der Waals surface area contributed by atoms with Crippen molar-refractivity contribution in [2.45, 2.75) is 83.4 Å². The predicted octanol–water partition coefficient (Wildman–Crippen LogP) is 7.98. The second-order valence-corrected chi connectivity index (χ2v) is 12.6. The molecule has 0 unspecified atom stereocenters. The van der Waals surface area contributed by atoms with Gasteiger partial charge in [-0.1, -0.05) is 12.1 Å². The number of alkyl halides is 3. The molecule has 236 valence electrons. The van der Waals surface area contributed by atoms with Crippen molar-refractivity contribution in [3.8, 4) is 28.4 Å². The van der Waals surface area contributed by atoms with Crippen molar-refractivity contribution in [3.63, 3.8) is 0 Å². The van der Waals surface area contributed by atoms with Crippen molar-refractivity contribution in [1.82, 2.24) is 0 Å². The lowest BCUT2D eigenvalue weighted by Gasteiger charge is -2.22. The number of hydrogen-bond donors (Lipinski definition) is 2. The predicted molar refractivity (Wildman–Crippen MR) is 161 cm³/mol. The number of halogens is 3. The number of carbonyl (C=O) groups is 1. The number of carboxylic acid groups (broad SMARTS) is 1. The van der Waals surface area contributed by atoms with E-state index in [9.17, 15) is 23.1 Å². The van der Waals surface area contributed by atoms with Crippen LogP contribution < -0.4 is 14.2 Å². The highest BCUT2D eigenvalue weighted by molar-refractivity contribution is 5.80. The minimum absolute atomic E-state index is 0.00637. The first-order chi connectivity index (χ1) is 20.7. The third-order valence-electron chi connectivity index (χ3n) is 8.60. The maximum absolute atomic E-state index is 14.4. The number of rotatable bonds is 11. The summed E-state index contributed by atoms with van der Waals surface area (Å²) in [7, 11) is 0. The average molecular weight is 613 g/mol. The first-order valence-corrected chi connectivity index (χ1v) is 15.0. The van der Waals surface area contributed by atoms with Crippen LogP contribution >= 0.6 is 0 Å². The smallest absolute Gasteiger partial charge is 0.417 e. The lowest BCUT2D eigenvalue weighted by atomic mass is 9.85. The van der Waals surface area contributed by atoms with Crippen LogP contribution in [0.4, 0.5) is 13.2 Å². The van der Waals surface area contributed by atoms with Crippen LogP contribution in [0.5, 0.6) is 17.2 Å². The monoisotopic (exact) mass is 612 g/mol. The van der Waals surface area contributed by atoms with Gasteiger partial charge in [0, 0.05) is 24.0 Å². The van der Waals surface area contributed by atoms with Gasteiger partial charge in [-0.25, -0.2) is 0 Å². The number of carboxylic acids is 1. The minimum atomic E-state index is -4.51. The average Bonchev–Trinajstić information content (AvgIpc) is 3.50. The Morgan fingerprint density at radius 2 is 1.61 bits per heavy atom. The van der Waals surface area contributed by atoms with Crippen molar-refractivity contribution in [3.05, 3.63) is 75.8 Å². The number of benzene rings is 3. The van der Waals surface area contributed by atoms with Crippen LogP contribution in [-0.4, -0.2) is 41.6 Å². The van der Waals surface area contributed by atoms with E-state index in [4.69, 9.17) is 19.3 Å². The zero-order chi connectivity index (χ0) is 31.8. The minimum Gasteiger partial charge on any atom is -0.493 e. The van der Waals surface area contributed by atoms with Crippen molar-refractivity contribution >= 4 is 5.97 Å². The molecule has 3 aromatic carbocycles. The number of hydrogen-bond acceptors (Lipinski definition) is 5. The van der Waals surface area contributed by atoms with Crippen LogP contribution in [0.1, 0.15) is 84.7 Å². The van der Waals surface area contributed by atoms with E-state index in [-0.39, 0.29) is 23.8 Å². The first-order valence-electron chi connectivity index (χ1n) is 15.0. The maximum Gasteiger partial charge on any atom is 0.417 e. The third kappa shape index (κ3) is 6.98. The highest BCUT2D eigenvalue weighted by Gasteiger charge is 2.38. The van der Waals surface area contributed by atoms with Gasteiger partial charge in [-0.2, -0.15) is 13.2 Å². The summed E-state index contributed by atoms with van der Waals surface area (Å²) in [5, 5.41) is 19.1. The van der Waals surface area contributed by atoms with E-state index in [1.807, 2.05) is 26.0 Å². The van der Waals surface area contributed by atoms with Gasteiger partial charge < -0.3 is 24.4 Å². The van der Waals surface area contributed by atoms with Gasteiger partial charge in [0.15, 0.2) is 0 Å². The summed E-state index contributed by atoms with van der Waals surface area (Å²) in [6.45, 7) is 8.03. The van der Waals surface area contributed by atoms with Crippen LogP contribution in [0.25, 0.3) is 11.1 Å². The number of ether oxygens (including phenoxy) is 3. The number of aryl methyl sites for hydroxylation is 2. The molecule has 1 aliphatic heterocycles. The lowest BCUT2D eigenvalue weighted by Crippen LogP contribution is -2.21. The van der Waals surface area contributed by atoms with Gasteiger partial charge in [-0.15, -0.1) is 0 Å². The van der Waals surface area contributed by atoms with Gasteiger partial charge in [0.1, 0.15) is 17.2 Å². The summed E-state index contributed by atoms with van der Waals surface area (Å²) in [5.74, 6) is 0.812. The van der Waals surface area contributed by atoms with Gasteiger partial charge in [0.25, 0.3) is 0 Å². The molecule has 0 saturated heterocycles. The normalized spacial score (nSPS) is 17.6. The highest BCUT2D eigenvalue weighted by atomic mass is 19.4. The Balaban J connectivity index is 1.35. The molecule has 44 heavy (non-hydrogen) atoms. The van der Waals surface area contributed by atoms with Crippen molar-refractivity contribution in [1.29, 1.82) is 0 Å². The molecule has 3 aromatic rings. The number of aliphatic hydroxyl groups is 1. The molecule has 0 bridgehead atoms. The van der Waals surface area contributed by atoms with E-state index in [2.05, 4.69) is 0 Å². The summed E-state index contributed by atoms with van der Waals surface area (Å²) in [4.78, 5) is 11.1. The fraction of sp³-hybridized carbons (Fsp3) is 0.457. The van der Waals surface area contributed by atoms with E-state index in [1.54, 1.807) is 38.1 Å². The molecular weight excluding hydrogens is 573 g/mol. The summed E-state index contributed by atoms with van der Waals surface area (Å²) in [5.41, 5.74) is 3.27. The first kappa shape index (κ1) is 31.7. The zero-order valence-corrected chi connectivity index (χ0v) is 25.5. The standard InChI is InChI=1S/C35H39F3O6/c1-20-15-25(43-14-12-34(3,4)41)16-21(2)32(20)33-28-7-5-22(26(28)9-10-29(33)35(36,37)38)11-13-42-24-6-8-27-23(17-31(39)40)19-44-30(27)18-24/h6,8-10,15-16,18,22-23,41H,5,7,11-14,17,19H2,1-4H3,(H,39,40)/t22-,23+/m0/s1. The van der Waals surface area contributed by atoms with Crippen LogP contribution in [0.3, 0.4) is 0 Å². The molecule has 0 aromatic heterocycles. The molecule has 0 fully saturated rings. The summed E-state index contributed by atoms with van der Waals surface area (Å²) < 4.78 is 60.7. The molecule has 6 nitrogen and oxygen atoms in total. The van der Waals surface area contributed by atoms with Gasteiger partial charge in [0.2, 0.25) is 0 Å². The van der Waals surface area contributed by atoms with Gasteiger partial charge in [-0.3, -0.25) is 4.79 Å². The molecule has 0 radical (unpaired) electrons. The van der Waals surface area contributed by atoms with Gasteiger partial charge >= 0.3 is 12.1 Å². The Kier molecular flexibility index (Phi) is 8.89. The van der Waals surface area contributed by atoms with Crippen LogP contribution in [-0.2, 0) is 17.4 Å². The second kappa shape index (κ2) is 12.3. The van der Waals surface area contributed by atoms with Crippen LogP contribution in [0.15, 0.2) is 42.5 Å². The lowest BCUT2D eigenvalue weighted by molar-refractivity contribution is -0.138. The zero-order valence-electron chi connectivity index (χ0n) is 25.5. The van der Waals surface area contributed by atoms with E-state index < -0.39 is 23.3 Å². The largest absolute Gasteiger partial charge is 0.493 e. The van der Waals surface area contributed by atoms with Gasteiger partial charge in [0.05, 0.1) is 37.4 Å². The molecule has 0 amide bonds. The molecule has 2 N–H and O–H groups in total. The van der Waals surface area contributed by atoms with Gasteiger partial charge in [-0.05, 0) is 111 Å². The topological polar surface area (TPSA) is 85.2 Å². The summed E-state index contributed by atoms with van der Waals surface area (Å²) in [6.07, 6.45) is -2.16. The summed E-state index contributed by atoms with van der Waals surface area (Å²) >= 11 is 0. The Morgan fingerprint density at radius 3 is 2.27 bits per heavy atom. The summed E-state index contributed by atoms with van der Waals surface area (Å²) in [6, 6.07) is 11.8. The quantitative estimate of drug-likeness (QED) is 0.228. The molecule has 0 spiro atoms. The molecule has 9 heteroatoms. The number of fused-ring (bicyclic) bond motifs is 2. The number of aliphatic carboxylic acids is 1. The molecule has 2 aliphatic rings. The Bertz CT molecular complexity index is 1520. The van der Waals surface area contributed by atoms with Crippen LogP contribution in [0, 0.1) is 13.8 Å². The van der Waals surface area contributed by atoms with Crippen molar-refractivity contribution in [2.75, 3.05) is 19.8 Å². The molecule has 5 rings (SSSR count). The molecule has 1 aliphatic carbocycles.